The Morgan fingerprint density at radius 2 is 2.06 bits per heavy atom. The van der Waals surface area contributed by atoms with Gasteiger partial charge < -0.3 is 19.4 Å². The van der Waals surface area contributed by atoms with Gasteiger partial charge in [-0.1, -0.05) is 18.2 Å². The fraction of sp³-hybridized carbons (Fsp3) is 0.261. The summed E-state index contributed by atoms with van der Waals surface area (Å²) in [5, 5.41) is 3.37. The van der Waals surface area contributed by atoms with E-state index in [0.29, 0.717) is 35.2 Å². The molecule has 1 atom stereocenters. The molecule has 8 heteroatoms. The van der Waals surface area contributed by atoms with Crippen LogP contribution in [0, 0.1) is 5.41 Å². The summed E-state index contributed by atoms with van der Waals surface area (Å²) >= 11 is 1.38. The zero-order chi connectivity index (χ0) is 20.8. The number of ether oxygens (including phenoxy) is 1. The Labute approximate surface area is 182 Å². The summed E-state index contributed by atoms with van der Waals surface area (Å²) in [6.45, 7) is 3.00. The van der Waals surface area contributed by atoms with Crippen LogP contribution in [0.15, 0.2) is 64.7 Å². The number of carbonyl (C=O) groups is 1. The van der Waals surface area contributed by atoms with E-state index >= 15 is 0 Å². The molecule has 2 saturated heterocycles. The molecule has 156 valence electrons. The highest BCUT2D eigenvalue weighted by Crippen LogP contribution is 2.46. The van der Waals surface area contributed by atoms with Crippen molar-refractivity contribution in [1.29, 1.82) is 0 Å². The third-order valence-electron chi connectivity index (χ3n) is 6.19. The van der Waals surface area contributed by atoms with E-state index in [1.165, 1.54) is 11.3 Å². The number of oxazole rings is 1. The molecule has 2 aromatic carbocycles. The van der Waals surface area contributed by atoms with Gasteiger partial charge in [0.1, 0.15) is 21.9 Å². The Bertz CT molecular complexity index is 1230. The molecule has 4 aromatic rings. The number of aromatic nitrogens is 2. The van der Waals surface area contributed by atoms with Crippen LogP contribution in [0.3, 0.4) is 0 Å². The van der Waals surface area contributed by atoms with Crippen LogP contribution < -0.4 is 10.1 Å². The van der Waals surface area contributed by atoms with E-state index < -0.39 is 0 Å². The number of benzene rings is 2. The zero-order valence-corrected chi connectivity index (χ0v) is 17.5. The lowest BCUT2D eigenvalue weighted by Gasteiger charge is -2.42. The third-order valence-corrected chi connectivity index (χ3v) is 6.95. The molecule has 1 amide bonds. The normalized spacial score (nSPS) is 19.6. The maximum Gasteiger partial charge on any atom is 0.265 e. The second-order valence-corrected chi connectivity index (χ2v) is 9.05. The largest absolute Gasteiger partial charge is 0.457 e. The number of hydrogen-bond donors (Lipinski definition) is 1. The van der Waals surface area contributed by atoms with Crippen LogP contribution in [-0.2, 0) is 0 Å². The lowest BCUT2D eigenvalue weighted by Crippen LogP contribution is -2.57. The van der Waals surface area contributed by atoms with Crippen LogP contribution in [0.1, 0.15) is 21.5 Å². The van der Waals surface area contributed by atoms with Crippen molar-refractivity contribution >= 4 is 28.3 Å². The SMILES string of the molecule is O=C(c1cncs1)N1CC(c2nc3ccc(Oc4ccccc4)cc3o2)C2(CNC2)C1. The highest BCUT2D eigenvalue weighted by Gasteiger charge is 2.54. The lowest BCUT2D eigenvalue weighted by atomic mass is 9.73. The summed E-state index contributed by atoms with van der Waals surface area (Å²) in [5.41, 5.74) is 3.14. The van der Waals surface area contributed by atoms with Gasteiger partial charge in [-0.05, 0) is 24.3 Å². The Balaban J connectivity index is 1.29. The summed E-state index contributed by atoms with van der Waals surface area (Å²) in [6, 6.07) is 15.3. The molecular formula is C23H20N4O3S. The number of nitrogens with zero attached hydrogens (tertiary/aromatic N) is 3. The van der Waals surface area contributed by atoms with E-state index in [1.807, 2.05) is 53.4 Å². The van der Waals surface area contributed by atoms with Gasteiger partial charge in [0.25, 0.3) is 5.91 Å². The number of para-hydroxylation sites is 1. The van der Waals surface area contributed by atoms with E-state index in [-0.39, 0.29) is 17.2 Å². The number of thiazole rings is 1. The Morgan fingerprint density at radius 1 is 1.19 bits per heavy atom. The van der Waals surface area contributed by atoms with Crippen LogP contribution in [0.4, 0.5) is 0 Å². The molecule has 0 aliphatic carbocycles. The topological polar surface area (TPSA) is 80.5 Å². The first kappa shape index (κ1) is 18.5. The first-order chi connectivity index (χ1) is 15.2. The van der Waals surface area contributed by atoms with Crippen molar-refractivity contribution in [2.24, 2.45) is 5.41 Å². The van der Waals surface area contributed by atoms with E-state index in [4.69, 9.17) is 14.1 Å². The predicted octanol–water partition coefficient (Wildman–Crippen LogP) is 3.91. The molecule has 2 aromatic heterocycles. The fourth-order valence-electron chi connectivity index (χ4n) is 4.51. The maximum absolute atomic E-state index is 12.9. The van der Waals surface area contributed by atoms with Crippen molar-refractivity contribution in [3.8, 4) is 11.5 Å². The molecule has 7 nitrogen and oxygen atoms in total. The van der Waals surface area contributed by atoms with Gasteiger partial charge in [0, 0.05) is 37.7 Å². The van der Waals surface area contributed by atoms with Crippen LogP contribution in [0.5, 0.6) is 11.5 Å². The Morgan fingerprint density at radius 3 is 2.81 bits per heavy atom. The summed E-state index contributed by atoms with van der Waals surface area (Å²) in [7, 11) is 0. The van der Waals surface area contributed by atoms with Gasteiger partial charge in [0.05, 0.1) is 17.6 Å². The second kappa shape index (κ2) is 7.18. The number of amides is 1. The third kappa shape index (κ3) is 3.19. The van der Waals surface area contributed by atoms with Crippen molar-refractivity contribution in [3.05, 3.63) is 71.0 Å². The molecule has 1 spiro atoms. The van der Waals surface area contributed by atoms with Gasteiger partial charge in [-0.2, -0.15) is 0 Å². The summed E-state index contributed by atoms with van der Waals surface area (Å²) in [6.07, 6.45) is 1.64. The number of hydrogen-bond acceptors (Lipinski definition) is 7. The standard InChI is InChI=1S/C23H20N4O3S/c28-22(20-9-24-14-31-20)27-10-17(23(13-27)11-25-12-23)21-26-18-7-6-16(8-19(18)30-21)29-15-4-2-1-3-5-15/h1-9,14,17,25H,10-13H2. The van der Waals surface area contributed by atoms with Crippen LogP contribution >= 0.6 is 11.3 Å². The van der Waals surface area contributed by atoms with Gasteiger partial charge in [0.2, 0.25) is 5.89 Å². The van der Waals surface area contributed by atoms with Crippen LogP contribution in [-0.4, -0.2) is 47.0 Å². The van der Waals surface area contributed by atoms with E-state index in [2.05, 4.69) is 10.3 Å². The van der Waals surface area contributed by atoms with E-state index in [1.54, 1.807) is 11.7 Å². The Kier molecular flexibility index (Phi) is 4.29. The van der Waals surface area contributed by atoms with E-state index in [0.717, 1.165) is 24.4 Å². The molecule has 6 rings (SSSR count). The molecule has 2 aliphatic rings. The lowest BCUT2D eigenvalue weighted by molar-refractivity contribution is 0.0753. The molecule has 0 saturated carbocycles. The highest BCUT2D eigenvalue weighted by molar-refractivity contribution is 7.11. The number of nitrogens with one attached hydrogen (secondary N) is 1. The maximum atomic E-state index is 12.9. The number of likely N-dealkylation sites (tertiary alicyclic amines) is 1. The number of fused-ring (bicyclic) bond motifs is 1. The monoisotopic (exact) mass is 432 g/mol. The molecule has 0 radical (unpaired) electrons. The zero-order valence-electron chi connectivity index (χ0n) is 16.7. The molecule has 4 heterocycles. The number of rotatable bonds is 4. The van der Waals surface area contributed by atoms with Crippen molar-refractivity contribution in [1.82, 2.24) is 20.2 Å². The molecule has 2 aliphatic heterocycles. The quantitative estimate of drug-likeness (QED) is 0.527. The minimum atomic E-state index is -0.0371. The predicted molar refractivity (Wildman–Crippen MR) is 117 cm³/mol. The van der Waals surface area contributed by atoms with Crippen molar-refractivity contribution < 1.29 is 13.9 Å². The molecule has 1 unspecified atom stereocenters. The van der Waals surface area contributed by atoms with Gasteiger partial charge in [0.15, 0.2) is 5.58 Å². The molecular weight excluding hydrogens is 412 g/mol. The first-order valence-electron chi connectivity index (χ1n) is 10.2. The first-order valence-corrected chi connectivity index (χ1v) is 11.1. The smallest absolute Gasteiger partial charge is 0.265 e. The van der Waals surface area contributed by atoms with Gasteiger partial charge in [-0.15, -0.1) is 11.3 Å². The van der Waals surface area contributed by atoms with Crippen molar-refractivity contribution in [2.75, 3.05) is 26.2 Å². The molecule has 1 N–H and O–H groups in total. The molecule has 31 heavy (non-hydrogen) atoms. The van der Waals surface area contributed by atoms with Gasteiger partial charge in [-0.3, -0.25) is 9.78 Å². The fourth-order valence-corrected chi connectivity index (χ4v) is 5.09. The second-order valence-electron chi connectivity index (χ2n) is 8.17. The van der Waals surface area contributed by atoms with Gasteiger partial charge >= 0.3 is 0 Å². The van der Waals surface area contributed by atoms with Crippen molar-refractivity contribution in [3.63, 3.8) is 0 Å². The average Bonchev–Trinajstić information content (AvgIpc) is 3.50. The molecule has 0 bridgehead atoms. The van der Waals surface area contributed by atoms with Crippen LogP contribution in [0.25, 0.3) is 11.1 Å². The van der Waals surface area contributed by atoms with Gasteiger partial charge in [-0.25, -0.2) is 4.98 Å². The highest BCUT2D eigenvalue weighted by atomic mass is 32.1. The van der Waals surface area contributed by atoms with E-state index in [9.17, 15) is 4.79 Å². The minimum absolute atomic E-state index is 0.0333. The van der Waals surface area contributed by atoms with Crippen LogP contribution in [0.2, 0.25) is 0 Å². The summed E-state index contributed by atoms with van der Waals surface area (Å²) < 4.78 is 12.1. The average molecular weight is 433 g/mol. The minimum Gasteiger partial charge on any atom is -0.457 e. The van der Waals surface area contributed by atoms with Crippen molar-refractivity contribution in [2.45, 2.75) is 5.92 Å². The number of carbonyl (C=O) groups excluding carboxylic acids is 1. The summed E-state index contributed by atoms with van der Waals surface area (Å²) in [5.74, 6) is 2.25. The summed E-state index contributed by atoms with van der Waals surface area (Å²) in [4.78, 5) is 24.3. The molecule has 2 fully saturated rings. The Hall–Kier alpha value is -3.23.